The summed E-state index contributed by atoms with van der Waals surface area (Å²) in [6, 6.07) is 11.2. The monoisotopic (exact) mass is 352 g/mol. The maximum atomic E-state index is 11.9. The fourth-order valence-electron chi connectivity index (χ4n) is 1.66. The van der Waals surface area contributed by atoms with Gasteiger partial charge in [-0.05, 0) is 49.4 Å². The molecule has 0 unspecified atom stereocenters. The van der Waals surface area contributed by atoms with E-state index < -0.39 is 12.0 Å². The zero-order chi connectivity index (χ0) is 16.8. The number of hydrogen-bond donors (Lipinski definition) is 2. The number of hydrogen-bond acceptors (Lipinski definition) is 4. The highest BCUT2D eigenvalue weighted by molar-refractivity contribution is 6.31. The molecule has 0 fully saturated rings. The number of carbonyl (C=O) groups excluding carboxylic acids is 1. The number of benzene rings is 2. The molecule has 0 saturated heterocycles. The molecule has 7 heteroatoms. The van der Waals surface area contributed by atoms with Gasteiger partial charge in [-0.1, -0.05) is 23.2 Å². The standard InChI is InChI=1S/C16H14Cl2N2O3/c1-10(23-14-5-2-12(17)3-6-14)16(22)20-19-9-11-8-13(18)4-7-15(11)21/h2-10,21H,1H3,(H,20,22)/b19-9-/t10-/m1/s1. The number of rotatable bonds is 5. The van der Waals surface area contributed by atoms with Crippen LogP contribution in [0.15, 0.2) is 47.6 Å². The maximum absolute atomic E-state index is 11.9. The molecule has 0 aromatic heterocycles. The Morgan fingerprint density at radius 1 is 1.22 bits per heavy atom. The van der Waals surface area contributed by atoms with Gasteiger partial charge >= 0.3 is 0 Å². The zero-order valence-corrected chi connectivity index (χ0v) is 13.7. The molecule has 2 N–H and O–H groups in total. The molecule has 0 saturated carbocycles. The SMILES string of the molecule is C[C@@H](Oc1ccc(Cl)cc1)C(=O)N/N=C\c1cc(Cl)ccc1O. The minimum atomic E-state index is -0.749. The van der Waals surface area contributed by atoms with Crippen LogP contribution < -0.4 is 10.2 Å². The Labute approximate surface area is 143 Å². The molecule has 23 heavy (non-hydrogen) atoms. The summed E-state index contributed by atoms with van der Waals surface area (Å²) in [4.78, 5) is 11.9. The van der Waals surface area contributed by atoms with Crippen molar-refractivity contribution >= 4 is 35.3 Å². The second kappa shape index (κ2) is 7.85. The van der Waals surface area contributed by atoms with Crippen molar-refractivity contribution in [3.05, 3.63) is 58.1 Å². The molecule has 0 aliphatic carbocycles. The van der Waals surface area contributed by atoms with Crippen LogP contribution in [0, 0.1) is 0 Å². The molecule has 0 bridgehead atoms. The van der Waals surface area contributed by atoms with Gasteiger partial charge in [-0.2, -0.15) is 5.10 Å². The average molecular weight is 353 g/mol. The first kappa shape index (κ1) is 17.1. The largest absolute Gasteiger partial charge is 0.507 e. The Morgan fingerprint density at radius 2 is 1.87 bits per heavy atom. The first-order chi connectivity index (χ1) is 11.0. The summed E-state index contributed by atoms with van der Waals surface area (Å²) in [5.74, 6) is 0.101. The van der Waals surface area contributed by atoms with Crippen LogP contribution in [-0.4, -0.2) is 23.3 Å². The van der Waals surface area contributed by atoms with Crippen LogP contribution in [0.2, 0.25) is 10.0 Å². The lowest BCUT2D eigenvalue weighted by atomic mass is 10.2. The van der Waals surface area contributed by atoms with Crippen LogP contribution in [0.1, 0.15) is 12.5 Å². The molecule has 0 heterocycles. The van der Waals surface area contributed by atoms with Crippen LogP contribution in [-0.2, 0) is 4.79 Å². The van der Waals surface area contributed by atoms with E-state index in [4.69, 9.17) is 27.9 Å². The lowest BCUT2D eigenvalue weighted by molar-refractivity contribution is -0.127. The van der Waals surface area contributed by atoms with Gasteiger partial charge < -0.3 is 9.84 Å². The van der Waals surface area contributed by atoms with Gasteiger partial charge in [-0.25, -0.2) is 5.43 Å². The van der Waals surface area contributed by atoms with Gasteiger partial charge in [0.25, 0.3) is 5.91 Å². The molecule has 2 aromatic carbocycles. The molecule has 0 aliphatic rings. The van der Waals surface area contributed by atoms with E-state index in [9.17, 15) is 9.90 Å². The molecule has 1 amide bonds. The molecule has 0 spiro atoms. The molecule has 120 valence electrons. The maximum Gasteiger partial charge on any atom is 0.280 e. The number of hydrazone groups is 1. The number of amides is 1. The lowest BCUT2D eigenvalue weighted by Gasteiger charge is -2.12. The Hall–Kier alpha value is -2.24. The minimum absolute atomic E-state index is 0.0119. The Bertz CT molecular complexity index is 718. The van der Waals surface area contributed by atoms with Crippen molar-refractivity contribution in [2.24, 2.45) is 5.10 Å². The van der Waals surface area contributed by atoms with Crippen LogP contribution in [0.5, 0.6) is 11.5 Å². The average Bonchev–Trinajstić information content (AvgIpc) is 2.52. The first-order valence-electron chi connectivity index (χ1n) is 6.69. The molecule has 2 rings (SSSR count). The lowest BCUT2D eigenvalue weighted by Crippen LogP contribution is -2.33. The summed E-state index contributed by atoms with van der Waals surface area (Å²) in [7, 11) is 0. The van der Waals surface area contributed by atoms with Crippen molar-refractivity contribution in [2.75, 3.05) is 0 Å². The molecular weight excluding hydrogens is 339 g/mol. The Kier molecular flexibility index (Phi) is 5.84. The fourth-order valence-corrected chi connectivity index (χ4v) is 1.96. The minimum Gasteiger partial charge on any atom is -0.507 e. The van der Waals surface area contributed by atoms with Gasteiger partial charge in [-0.15, -0.1) is 0 Å². The van der Waals surface area contributed by atoms with Crippen LogP contribution in [0.25, 0.3) is 0 Å². The van der Waals surface area contributed by atoms with Crippen molar-refractivity contribution in [2.45, 2.75) is 13.0 Å². The van der Waals surface area contributed by atoms with Gasteiger partial charge in [0, 0.05) is 15.6 Å². The molecule has 1 atom stereocenters. The molecule has 5 nitrogen and oxygen atoms in total. The van der Waals surface area contributed by atoms with E-state index in [1.807, 2.05) is 0 Å². The first-order valence-corrected chi connectivity index (χ1v) is 7.45. The normalized spacial score (nSPS) is 12.1. The summed E-state index contributed by atoms with van der Waals surface area (Å²) >= 11 is 11.6. The van der Waals surface area contributed by atoms with Crippen molar-refractivity contribution in [3.63, 3.8) is 0 Å². The third-order valence-corrected chi connectivity index (χ3v) is 3.35. The highest BCUT2D eigenvalue weighted by Crippen LogP contribution is 2.19. The summed E-state index contributed by atoms with van der Waals surface area (Å²) in [5.41, 5.74) is 2.73. The zero-order valence-electron chi connectivity index (χ0n) is 12.2. The Morgan fingerprint density at radius 3 is 2.57 bits per heavy atom. The van der Waals surface area contributed by atoms with Crippen LogP contribution >= 0.6 is 23.2 Å². The van der Waals surface area contributed by atoms with Crippen LogP contribution in [0.4, 0.5) is 0 Å². The molecular formula is C16H14Cl2N2O3. The number of aromatic hydroxyl groups is 1. The topological polar surface area (TPSA) is 70.9 Å². The summed E-state index contributed by atoms with van der Waals surface area (Å²) in [6.07, 6.45) is 0.551. The number of phenols is 1. The molecule has 0 aliphatic heterocycles. The number of nitrogens with one attached hydrogen (secondary N) is 1. The second-order valence-corrected chi connectivity index (χ2v) is 5.52. The van der Waals surface area contributed by atoms with Gasteiger partial charge in [0.2, 0.25) is 0 Å². The van der Waals surface area contributed by atoms with Gasteiger partial charge in [0.15, 0.2) is 6.10 Å². The van der Waals surface area contributed by atoms with Gasteiger partial charge in [0.05, 0.1) is 6.21 Å². The summed E-state index contributed by atoms with van der Waals surface area (Å²) in [5, 5.41) is 14.4. The quantitative estimate of drug-likeness (QED) is 0.637. The van der Waals surface area contributed by atoms with Crippen LogP contribution in [0.3, 0.4) is 0 Å². The second-order valence-electron chi connectivity index (χ2n) is 4.65. The number of ether oxygens (including phenoxy) is 1. The van der Waals surface area contributed by atoms with E-state index in [0.29, 0.717) is 21.4 Å². The number of nitrogens with zero attached hydrogens (tertiary/aromatic N) is 1. The number of carbonyl (C=O) groups is 1. The predicted octanol–water partition coefficient (Wildman–Crippen LogP) is 3.62. The van der Waals surface area contributed by atoms with E-state index in [1.54, 1.807) is 37.3 Å². The van der Waals surface area contributed by atoms with E-state index in [1.165, 1.54) is 18.3 Å². The third-order valence-electron chi connectivity index (χ3n) is 2.86. The number of halogens is 2. The van der Waals surface area contributed by atoms with Gasteiger partial charge in [0.1, 0.15) is 11.5 Å². The smallest absolute Gasteiger partial charge is 0.280 e. The molecule has 2 aromatic rings. The third kappa shape index (κ3) is 5.16. The van der Waals surface area contributed by atoms with Crippen molar-refractivity contribution in [3.8, 4) is 11.5 Å². The highest BCUT2D eigenvalue weighted by atomic mass is 35.5. The van der Waals surface area contributed by atoms with Gasteiger partial charge in [-0.3, -0.25) is 4.79 Å². The fraction of sp³-hybridized carbons (Fsp3) is 0.125. The molecule has 0 radical (unpaired) electrons. The number of phenolic OH excluding ortho intramolecular Hbond substituents is 1. The van der Waals surface area contributed by atoms with Crippen molar-refractivity contribution in [1.82, 2.24) is 5.43 Å². The van der Waals surface area contributed by atoms with E-state index >= 15 is 0 Å². The predicted molar refractivity (Wildman–Crippen MR) is 90.4 cm³/mol. The van der Waals surface area contributed by atoms with Crippen molar-refractivity contribution in [1.29, 1.82) is 0 Å². The summed E-state index contributed by atoms with van der Waals surface area (Å²) in [6.45, 7) is 1.59. The van der Waals surface area contributed by atoms with E-state index in [0.717, 1.165) is 0 Å². The van der Waals surface area contributed by atoms with Crippen molar-refractivity contribution < 1.29 is 14.6 Å². The highest BCUT2D eigenvalue weighted by Gasteiger charge is 2.13. The van der Waals surface area contributed by atoms with E-state index in [-0.39, 0.29) is 5.75 Å². The Balaban J connectivity index is 1.92. The van der Waals surface area contributed by atoms with E-state index in [2.05, 4.69) is 10.5 Å². The summed E-state index contributed by atoms with van der Waals surface area (Å²) < 4.78 is 5.46.